The molecule has 0 amide bonds. The highest BCUT2D eigenvalue weighted by atomic mass is 35.5. The summed E-state index contributed by atoms with van der Waals surface area (Å²) in [5.74, 6) is 0.197. The van der Waals surface area contributed by atoms with Gasteiger partial charge in [-0.05, 0) is 12.1 Å². The molecular formula is C9H9Cl2NO5. The van der Waals surface area contributed by atoms with Crippen molar-refractivity contribution < 1.29 is 19.2 Å². The van der Waals surface area contributed by atoms with Gasteiger partial charge >= 0.3 is 6.16 Å². The maximum Gasteiger partial charge on any atom is 0.513 e. The lowest BCUT2D eigenvalue weighted by atomic mass is 10.3. The van der Waals surface area contributed by atoms with Gasteiger partial charge in [-0.25, -0.2) is 4.79 Å². The molecule has 17 heavy (non-hydrogen) atoms. The lowest BCUT2D eigenvalue weighted by Gasteiger charge is -2.00. The SMILES string of the molecule is COC(=O)Oc1ccc([N+](=O)[O-])cc1.ClCCl. The molecule has 0 heterocycles. The molecular weight excluding hydrogens is 273 g/mol. The molecule has 1 aromatic carbocycles. The minimum atomic E-state index is -0.862. The van der Waals surface area contributed by atoms with Gasteiger partial charge in [0.05, 0.1) is 17.4 Å². The maximum atomic E-state index is 10.6. The van der Waals surface area contributed by atoms with Crippen molar-refractivity contribution in [2.45, 2.75) is 0 Å². The minimum absolute atomic E-state index is 0.0674. The van der Waals surface area contributed by atoms with Crippen LogP contribution in [-0.4, -0.2) is 23.5 Å². The Balaban J connectivity index is 0.000000770. The van der Waals surface area contributed by atoms with Crippen molar-refractivity contribution in [3.05, 3.63) is 34.4 Å². The summed E-state index contributed by atoms with van der Waals surface area (Å²) < 4.78 is 8.85. The Morgan fingerprint density at radius 2 is 1.82 bits per heavy atom. The van der Waals surface area contributed by atoms with Crippen molar-refractivity contribution in [2.24, 2.45) is 0 Å². The van der Waals surface area contributed by atoms with Crippen molar-refractivity contribution in [1.29, 1.82) is 0 Å². The van der Waals surface area contributed by atoms with E-state index in [4.69, 9.17) is 23.2 Å². The van der Waals surface area contributed by atoms with Crippen LogP contribution < -0.4 is 4.74 Å². The highest BCUT2D eigenvalue weighted by Gasteiger charge is 2.07. The van der Waals surface area contributed by atoms with Crippen LogP contribution in [0.15, 0.2) is 24.3 Å². The van der Waals surface area contributed by atoms with Crippen molar-refractivity contribution >= 4 is 35.0 Å². The zero-order valence-electron chi connectivity index (χ0n) is 8.76. The van der Waals surface area contributed by atoms with E-state index in [1.165, 1.54) is 31.4 Å². The van der Waals surface area contributed by atoms with Gasteiger partial charge in [-0.1, -0.05) is 0 Å². The van der Waals surface area contributed by atoms with Crippen molar-refractivity contribution in [1.82, 2.24) is 0 Å². The molecule has 0 bridgehead atoms. The van der Waals surface area contributed by atoms with Crippen LogP contribution in [0.1, 0.15) is 0 Å². The van der Waals surface area contributed by atoms with E-state index in [0.29, 0.717) is 0 Å². The van der Waals surface area contributed by atoms with Gasteiger partial charge in [0.25, 0.3) is 5.69 Å². The third-order valence-electron chi connectivity index (χ3n) is 1.42. The molecule has 0 aromatic heterocycles. The lowest BCUT2D eigenvalue weighted by Crippen LogP contribution is -2.06. The number of carbonyl (C=O) groups excluding carboxylic acids is 1. The van der Waals surface area contributed by atoms with Gasteiger partial charge in [0.1, 0.15) is 5.75 Å². The summed E-state index contributed by atoms with van der Waals surface area (Å²) in [7, 11) is 1.17. The van der Waals surface area contributed by atoms with Gasteiger partial charge in [-0.2, -0.15) is 0 Å². The fraction of sp³-hybridized carbons (Fsp3) is 0.222. The summed E-state index contributed by atoms with van der Waals surface area (Å²) >= 11 is 9.53. The number of rotatable bonds is 2. The molecule has 0 fully saturated rings. The van der Waals surface area contributed by atoms with Crippen molar-refractivity contribution in [2.75, 3.05) is 12.4 Å². The highest BCUT2D eigenvalue weighted by Crippen LogP contribution is 2.17. The summed E-state index contributed by atoms with van der Waals surface area (Å²) in [6.45, 7) is 0. The van der Waals surface area contributed by atoms with Crippen LogP contribution in [0.25, 0.3) is 0 Å². The quantitative estimate of drug-likeness (QED) is 0.274. The highest BCUT2D eigenvalue weighted by molar-refractivity contribution is 6.40. The number of hydrogen-bond acceptors (Lipinski definition) is 5. The summed E-state index contributed by atoms with van der Waals surface area (Å²) in [5.41, 5.74) is -0.0674. The second-order valence-corrected chi connectivity index (χ2v) is 3.22. The van der Waals surface area contributed by atoms with E-state index in [-0.39, 0.29) is 16.8 Å². The average molecular weight is 282 g/mol. The number of nitrogens with zero attached hydrogens (tertiary/aromatic N) is 1. The average Bonchev–Trinajstić information content (AvgIpc) is 2.30. The zero-order chi connectivity index (χ0) is 13.3. The van der Waals surface area contributed by atoms with E-state index in [2.05, 4.69) is 9.47 Å². The summed E-state index contributed by atoms with van der Waals surface area (Å²) in [6, 6.07) is 5.10. The molecule has 8 heteroatoms. The number of halogens is 2. The monoisotopic (exact) mass is 281 g/mol. The Bertz CT molecular complexity index is 368. The molecule has 0 radical (unpaired) electrons. The Hall–Kier alpha value is -1.53. The summed E-state index contributed by atoms with van der Waals surface area (Å²) in [4.78, 5) is 20.3. The normalized spacial score (nSPS) is 8.65. The topological polar surface area (TPSA) is 78.7 Å². The summed E-state index contributed by atoms with van der Waals surface area (Å²) in [5, 5.41) is 10.5. The molecule has 0 aliphatic carbocycles. The van der Waals surface area contributed by atoms with Gasteiger partial charge in [0, 0.05) is 12.1 Å². The molecule has 0 aliphatic rings. The number of ether oxygens (including phenoxy) is 2. The standard InChI is InChI=1S/C8H7NO5.CH2Cl2/c1-13-8(10)14-7-4-2-6(3-5-7)9(11)12;2-1-3/h2-5H,1H3;1H2. The molecule has 0 N–H and O–H groups in total. The number of benzene rings is 1. The second kappa shape index (κ2) is 8.60. The van der Waals surface area contributed by atoms with E-state index in [0.717, 1.165) is 0 Å². The van der Waals surface area contributed by atoms with Gasteiger partial charge in [0.15, 0.2) is 0 Å². The fourth-order valence-corrected chi connectivity index (χ4v) is 0.774. The molecule has 0 spiro atoms. The number of non-ortho nitro benzene ring substituents is 1. The van der Waals surface area contributed by atoms with Gasteiger partial charge in [-0.3, -0.25) is 10.1 Å². The third-order valence-corrected chi connectivity index (χ3v) is 1.42. The molecule has 1 aromatic rings. The molecule has 0 saturated heterocycles. The molecule has 6 nitrogen and oxygen atoms in total. The number of alkyl halides is 2. The number of methoxy groups -OCH3 is 1. The van der Waals surface area contributed by atoms with Crippen LogP contribution in [0.4, 0.5) is 10.5 Å². The lowest BCUT2D eigenvalue weighted by molar-refractivity contribution is -0.384. The molecule has 0 saturated carbocycles. The first-order chi connectivity index (χ1) is 8.04. The Morgan fingerprint density at radius 1 is 1.35 bits per heavy atom. The smallest absolute Gasteiger partial charge is 0.437 e. The van der Waals surface area contributed by atoms with Crippen molar-refractivity contribution in [3.63, 3.8) is 0 Å². The molecule has 0 aliphatic heterocycles. The zero-order valence-corrected chi connectivity index (χ0v) is 10.3. The molecule has 1 rings (SSSR count). The number of nitro groups is 1. The van der Waals surface area contributed by atoms with Gasteiger partial charge in [0.2, 0.25) is 0 Å². The second-order valence-electron chi connectivity index (χ2n) is 2.41. The molecule has 0 atom stereocenters. The van der Waals surface area contributed by atoms with Gasteiger partial charge in [-0.15, -0.1) is 23.2 Å². The Kier molecular flexibility index (Phi) is 7.83. The molecule has 94 valence electrons. The summed E-state index contributed by atoms with van der Waals surface area (Å²) in [6.07, 6.45) is -0.862. The maximum absolute atomic E-state index is 10.6. The van der Waals surface area contributed by atoms with Crippen LogP contribution >= 0.6 is 23.2 Å². The van der Waals surface area contributed by atoms with Crippen LogP contribution in [0, 0.1) is 10.1 Å². The minimum Gasteiger partial charge on any atom is -0.437 e. The predicted octanol–water partition coefficient (Wildman–Crippen LogP) is 3.16. The Labute approximate surface area is 107 Å². The largest absolute Gasteiger partial charge is 0.513 e. The predicted molar refractivity (Wildman–Crippen MR) is 62.7 cm³/mol. The van der Waals surface area contributed by atoms with Crippen LogP contribution in [-0.2, 0) is 4.74 Å². The van der Waals surface area contributed by atoms with E-state index in [9.17, 15) is 14.9 Å². The van der Waals surface area contributed by atoms with E-state index >= 15 is 0 Å². The number of carbonyl (C=O) groups is 1. The molecule has 0 unspecified atom stereocenters. The fourth-order valence-electron chi connectivity index (χ4n) is 0.774. The number of hydrogen-bond donors (Lipinski definition) is 0. The van der Waals surface area contributed by atoms with Crippen LogP contribution in [0.2, 0.25) is 0 Å². The van der Waals surface area contributed by atoms with Crippen LogP contribution in [0.3, 0.4) is 0 Å². The Morgan fingerprint density at radius 3 is 2.18 bits per heavy atom. The first-order valence-electron chi connectivity index (χ1n) is 4.17. The first-order valence-corrected chi connectivity index (χ1v) is 5.24. The number of nitro benzene ring substituents is 1. The first kappa shape index (κ1) is 15.5. The van der Waals surface area contributed by atoms with Gasteiger partial charge < -0.3 is 9.47 Å². The third kappa shape index (κ3) is 6.60. The van der Waals surface area contributed by atoms with E-state index < -0.39 is 11.1 Å². The van der Waals surface area contributed by atoms with Crippen molar-refractivity contribution in [3.8, 4) is 5.75 Å². The van der Waals surface area contributed by atoms with Crippen LogP contribution in [0.5, 0.6) is 5.75 Å². The van der Waals surface area contributed by atoms with E-state index in [1.807, 2.05) is 0 Å². The van der Waals surface area contributed by atoms with E-state index in [1.54, 1.807) is 0 Å².